The summed E-state index contributed by atoms with van der Waals surface area (Å²) in [5, 5.41) is 2.09. The lowest BCUT2D eigenvalue weighted by molar-refractivity contribution is -0.137. The minimum atomic E-state index is -4.87. The van der Waals surface area contributed by atoms with Crippen molar-refractivity contribution >= 4 is 23.6 Å². The third kappa shape index (κ3) is 5.50. The molecule has 0 saturated heterocycles. The van der Waals surface area contributed by atoms with Crippen LogP contribution in [-0.4, -0.2) is 40.6 Å². The summed E-state index contributed by atoms with van der Waals surface area (Å²) >= 11 is 0. The number of halogens is 4. The molecule has 2 aromatic rings. The van der Waals surface area contributed by atoms with Crippen molar-refractivity contribution in [1.82, 2.24) is 10.2 Å². The fourth-order valence-corrected chi connectivity index (χ4v) is 3.77. The number of benzene rings is 2. The molecule has 5 N–H and O–H groups in total. The van der Waals surface area contributed by atoms with Crippen molar-refractivity contribution in [2.75, 3.05) is 0 Å². The number of carbonyl (C=O) groups is 4. The molecule has 34 heavy (non-hydrogen) atoms. The van der Waals surface area contributed by atoms with E-state index in [-0.39, 0.29) is 19.0 Å². The van der Waals surface area contributed by atoms with E-state index in [9.17, 15) is 36.7 Å². The van der Waals surface area contributed by atoms with Crippen molar-refractivity contribution in [2.24, 2.45) is 11.5 Å². The molecule has 0 saturated carbocycles. The van der Waals surface area contributed by atoms with Crippen LogP contribution >= 0.6 is 0 Å². The lowest BCUT2D eigenvalue weighted by Crippen LogP contribution is -2.54. The second-order valence-electron chi connectivity index (χ2n) is 7.80. The first-order valence-corrected chi connectivity index (χ1v) is 10.0. The molecule has 0 spiro atoms. The Hall–Kier alpha value is -3.96. The van der Waals surface area contributed by atoms with Crippen LogP contribution in [0.15, 0.2) is 42.5 Å². The second-order valence-corrected chi connectivity index (χ2v) is 7.80. The summed E-state index contributed by atoms with van der Waals surface area (Å²) in [5.74, 6) is -5.35. The highest BCUT2D eigenvalue weighted by Gasteiger charge is 2.36. The van der Waals surface area contributed by atoms with Crippen molar-refractivity contribution in [2.45, 2.75) is 37.6 Å². The molecule has 0 aliphatic carbocycles. The number of carbonyl (C=O) groups excluding carboxylic acids is 4. The Balaban J connectivity index is 1.92. The van der Waals surface area contributed by atoms with Gasteiger partial charge in [0.1, 0.15) is 5.82 Å². The first-order valence-electron chi connectivity index (χ1n) is 10.0. The smallest absolute Gasteiger partial charge is 0.367 e. The Morgan fingerprint density at radius 1 is 1.03 bits per heavy atom. The molecule has 0 radical (unpaired) electrons. The number of amides is 4. The van der Waals surface area contributed by atoms with E-state index >= 15 is 0 Å². The minimum Gasteiger partial charge on any atom is -0.367 e. The van der Waals surface area contributed by atoms with Gasteiger partial charge >= 0.3 is 6.18 Å². The van der Waals surface area contributed by atoms with E-state index in [0.717, 1.165) is 10.5 Å². The van der Waals surface area contributed by atoms with Crippen LogP contribution in [0.4, 0.5) is 17.6 Å². The number of nitrogens with two attached hydrogens (primary N) is 2. The number of rotatable bonds is 6. The van der Waals surface area contributed by atoms with Gasteiger partial charge in [0.05, 0.1) is 5.56 Å². The first kappa shape index (κ1) is 24.7. The molecule has 180 valence electrons. The largest absolute Gasteiger partial charge is 0.416 e. The molecule has 4 amide bonds. The number of primary amides is 2. The minimum absolute atomic E-state index is 0.0557. The van der Waals surface area contributed by atoms with Crippen LogP contribution in [0.25, 0.3) is 0 Å². The molecule has 0 aromatic heterocycles. The zero-order valence-electron chi connectivity index (χ0n) is 17.6. The van der Waals surface area contributed by atoms with Gasteiger partial charge in [0.15, 0.2) is 6.04 Å². The van der Waals surface area contributed by atoms with Crippen molar-refractivity contribution in [3.8, 4) is 0 Å². The molecule has 1 heterocycles. The van der Waals surface area contributed by atoms with Gasteiger partial charge in [0.25, 0.3) is 5.91 Å². The Labute approximate surface area is 190 Å². The first-order chi connectivity index (χ1) is 15.9. The van der Waals surface area contributed by atoms with Crippen LogP contribution in [0.5, 0.6) is 0 Å². The average Bonchev–Trinajstić information content (AvgIpc) is 2.75. The van der Waals surface area contributed by atoms with Crippen LogP contribution in [-0.2, 0) is 33.5 Å². The van der Waals surface area contributed by atoms with Gasteiger partial charge in [-0.1, -0.05) is 24.3 Å². The van der Waals surface area contributed by atoms with Gasteiger partial charge < -0.3 is 21.7 Å². The quantitative estimate of drug-likeness (QED) is 0.424. The van der Waals surface area contributed by atoms with Crippen LogP contribution < -0.4 is 16.8 Å². The van der Waals surface area contributed by atoms with Crippen LogP contribution in [0, 0.1) is 5.82 Å². The van der Waals surface area contributed by atoms with Crippen molar-refractivity contribution < 1.29 is 36.7 Å². The number of nitrogens with one attached hydrogen (secondary N) is 1. The van der Waals surface area contributed by atoms with E-state index in [4.69, 9.17) is 11.5 Å². The SMILES string of the molecule is NC(=O)C(NC(=O)C[C@H]1Cc2ccccc2CN1C(=O)c1cc(F)cc(C(F)(F)F)c1)C(N)=O. The lowest BCUT2D eigenvalue weighted by Gasteiger charge is -2.37. The summed E-state index contributed by atoms with van der Waals surface area (Å²) in [5.41, 5.74) is 9.73. The van der Waals surface area contributed by atoms with Gasteiger partial charge in [-0.2, -0.15) is 13.2 Å². The molecule has 1 aliphatic heterocycles. The summed E-state index contributed by atoms with van der Waals surface area (Å²) in [4.78, 5) is 49.5. The molecule has 0 unspecified atom stereocenters. The Morgan fingerprint density at radius 2 is 1.65 bits per heavy atom. The summed E-state index contributed by atoms with van der Waals surface area (Å²) in [6, 6.07) is 5.79. The van der Waals surface area contributed by atoms with Gasteiger partial charge in [0, 0.05) is 24.6 Å². The summed E-state index contributed by atoms with van der Waals surface area (Å²) in [6.45, 7) is -0.0557. The lowest BCUT2D eigenvalue weighted by atomic mass is 9.91. The highest BCUT2D eigenvalue weighted by Crippen LogP contribution is 2.32. The van der Waals surface area contributed by atoms with Gasteiger partial charge in [-0.05, 0) is 35.7 Å². The van der Waals surface area contributed by atoms with Crippen LogP contribution in [0.1, 0.15) is 33.5 Å². The molecule has 0 bridgehead atoms. The maximum absolute atomic E-state index is 13.9. The van der Waals surface area contributed by atoms with Crippen LogP contribution in [0.3, 0.4) is 0 Å². The molecule has 3 rings (SSSR count). The van der Waals surface area contributed by atoms with E-state index in [2.05, 4.69) is 5.32 Å². The van der Waals surface area contributed by atoms with Crippen molar-refractivity contribution in [3.63, 3.8) is 0 Å². The normalized spacial score (nSPS) is 15.6. The summed E-state index contributed by atoms with van der Waals surface area (Å²) < 4.78 is 53.3. The van der Waals surface area contributed by atoms with Crippen LogP contribution in [0.2, 0.25) is 0 Å². The number of fused-ring (bicyclic) bond motifs is 1. The molecule has 2 aromatic carbocycles. The molecule has 1 aliphatic rings. The van der Waals surface area contributed by atoms with E-state index in [1.165, 1.54) is 0 Å². The highest BCUT2D eigenvalue weighted by atomic mass is 19.4. The summed E-state index contributed by atoms with van der Waals surface area (Å²) in [7, 11) is 0. The maximum Gasteiger partial charge on any atom is 0.416 e. The topological polar surface area (TPSA) is 136 Å². The number of hydrogen-bond donors (Lipinski definition) is 3. The van der Waals surface area contributed by atoms with Gasteiger partial charge in [0.2, 0.25) is 17.7 Å². The standard InChI is InChI=1S/C22H20F4N4O4/c23-15-6-13(5-14(8-15)22(24,25)26)21(34)30-10-12-4-2-1-3-11(12)7-16(30)9-17(31)29-18(19(27)32)20(28)33/h1-6,8,16,18H,7,9-10H2,(H2,27,32)(H2,28,33)(H,29,31)/t16-/m1/s1. The predicted molar refractivity (Wildman–Crippen MR) is 110 cm³/mol. The van der Waals surface area contributed by atoms with Gasteiger partial charge in [-0.15, -0.1) is 0 Å². The van der Waals surface area contributed by atoms with Gasteiger partial charge in [-0.25, -0.2) is 4.39 Å². The summed E-state index contributed by atoms with van der Waals surface area (Å²) in [6.07, 6.45) is -5.14. The van der Waals surface area contributed by atoms with Crippen molar-refractivity contribution in [3.05, 3.63) is 70.5 Å². The number of hydrogen-bond acceptors (Lipinski definition) is 4. The average molecular weight is 480 g/mol. The predicted octanol–water partition coefficient (Wildman–Crippen LogP) is 1.26. The monoisotopic (exact) mass is 480 g/mol. The number of alkyl halides is 3. The molecule has 1 atom stereocenters. The zero-order chi connectivity index (χ0) is 25.2. The van der Waals surface area contributed by atoms with Crippen molar-refractivity contribution in [1.29, 1.82) is 0 Å². The number of nitrogens with zero attached hydrogens (tertiary/aromatic N) is 1. The van der Waals surface area contributed by atoms with E-state index in [0.29, 0.717) is 17.7 Å². The molecular weight excluding hydrogens is 460 g/mol. The highest BCUT2D eigenvalue weighted by molar-refractivity contribution is 6.05. The fraction of sp³-hybridized carbons (Fsp3) is 0.273. The van der Waals surface area contributed by atoms with E-state index < -0.39 is 65.3 Å². The van der Waals surface area contributed by atoms with E-state index in [1.807, 2.05) is 0 Å². The molecular formula is C22H20F4N4O4. The van der Waals surface area contributed by atoms with Gasteiger partial charge in [-0.3, -0.25) is 19.2 Å². The second kappa shape index (κ2) is 9.49. The zero-order valence-corrected chi connectivity index (χ0v) is 17.6. The Morgan fingerprint density at radius 3 is 2.24 bits per heavy atom. The molecule has 12 heteroatoms. The molecule has 8 nitrogen and oxygen atoms in total. The third-order valence-electron chi connectivity index (χ3n) is 5.38. The fourth-order valence-electron chi connectivity index (χ4n) is 3.77. The third-order valence-corrected chi connectivity index (χ3v) is 5.38. The molecule has 0 fully saturated rings. The Kier molecular flexibility index (Phi) is 6.89. The Bertz CT molecular complexity index is 1140. The maximum atomic E-state index is 13.9. The van der Waals surface area contributed by atoms with E-state index in [1.54, 1.807) is 24.3 Å².